The minimum absolute atomic E-state index is 0.0560. The molecular formula is C30H34N2O4. The largest absolute Gasteiger partial charge is 0.497 e. The standard InChI is InChI=1S/C30H34N2O4/c1-4-5-6-7-18-35-24-14-10-22(11-15-24)30-32-28(26-19-25(34-3)16-17-29(26)36-30)20-27(31-32)21-8-12-23(33-2)13-9-21/h8-17,19,28,30H,4-7,18,20H2,1-3H3/t28-,30-/m0/s1. The zero-order valence-electron chi connectivity index (χ0n) is 21.3. The van der Waals surface area contributed by atoms with Crippen molar-refractivity contribution in [2.24, 2.45) is 5.10 Å². The fraction of sp³-hybridized carbons (Fsp3) is 0.367. The van der Waals surface area contributed by atoms with Crippen molar-refractivity contribution < 1.29 is 18.9 Å². The number of hydrogen-bond donors (Lipinski definition) is 0. The molecule has 6 nitrogen and oxygen atoms in total. The second kappa shape index (κ2) is 10.9. The number of hydrogen-bond acceptors (Lipinski definition) is 6. The Hall–Kier alpha value is -3.67. The van der Waals surface area contributed by atoms with Crippen molar-refractivity contribution in [1.29, 1.82) is 0 Å². The Morgan fingerprint density at radius 2 is 1.58 bits per heavy atom. The highest BCUT2D eigenvalue weighted by Gasteiger charge is 2.41. The highest BCUT2D eigenvalue weighted by atomic mass is 16.5. The van der Waals surface area contributed by atoms with Gasteiger partial charge >= 0.3 is 0 Å². The van der Waals surface area contributed by atoms with E-state index < -0.39 is 0 Å². The summed E-state index contributed by atoms with van der Waals surface area (Å²) >= 11 is 0. The van der Waals surface area contributed by atoms with Gasteiger partial charge in [0.15, 0.2) is 0 Å². The molecule has 2 aliphatic rings. The van der Waals surface area contributed by atoms with Crippen LogP contribution in [-0.2, 0) is 0 Å². The average molecular weight is 487 g/mol. The van der Waals surface area contributed by atoms with Gasteiger partial charge in [-0.3, -0.25) is 0 Å². The molecule has 0 aromatic heterocycles. The highest BCUT2D eigenvalue weighted by molar-refractivity contribution is 6.02. The number of methoxy groups -OCH3 is 2. The quantitative estimate of drug-likeness (QED) is 0.292. The Bertz CT molecular complexity index is 1190. The molecule has 2 heterocycles. The summed E-state index contributed by atoms with van der Waals surface area (Å²) in [5.41, 5.74) is 4.24. The Morgan fingerprint density at radius 1 is 0.861 bits per heavy atom. The van der Waals surface area contributed by atoms with Crippen LogP contribution in [0.2, 0.25) is 0 Å². The van der Waals surface area contributed by atoms with E-state index in [1.165, 1.54) is 19.3 Å². The second-order valence-corrected chi connectivity index (χ2v) is 9.23. The third kappa shape index (κ3) is 4.99. The van der Waals surface area contributed by atoms with Crippen LogP contribution in [-0.4, -0.2) is 31.5 Å². The zero-order chi connectivity index (χ0) is 24.9. The van der Waals surface area contributed by atoms with Gasteiger partial charge in [0.25, 0.3) is 0 Å². The first-order chi connectivity index (χ1) is 17.7. The Balaban J connectivity index is 1.40. The van der Waals surface area contributed by atoms with Crippen LogP contribution in [0.25, 0.3) is 0 Å². The molecule has 0 radical (unpaired) electrons. The molecule has 188 valence electrons. The normalized spacial score (nSPS) is 18.1. The maximum Gasteiger partial charge on any atom is 0.213 e. The molecule has 6 heteroatoms. The van der Waals surface area contributed by atoms with E-state index >= 15 is 0 Å². The summed E-state index contributed by atoms with van der Waals surface area (Å²) in [7, 11) is 3.37. The van der Waals surface area contributed by atoms with Crippen LogP contribution in [0.4, 0.5) is 0 Å². The number of nitrogens with zero attached hydrogens (tertiary/aromatic N) is 2. The molecule has 2 atom stereocenters. The fourth-order valence-corrected chi connectivity index (χ4v) is 4.82. The molecular weight excluding hydrogens is 452 g/mol. The second-order valence-electron chi connectivity index (χ2n) is 9.23. The molecule has 0 N–H and O–H groups in total. The van der Waals surface area contributed by atoms with Crippen LogP contribution in [0, 0.1) is 0 Å². The number of rotatable bonds is 10. The highest BCUT2D eigenvalue weighted by Crippen LogP contribution is 2.48. The van der Waals surface area contributed by atoms with E-state index in [0.29, 0.717) is 0 Å². The van der Waals surface area contributed by atoms with E-state index in [0.717, 1.165) is 64.8 Å². The predicted octanol–water partition coefficient (Wildman–Crippen LogP) is 6.91. The van der Waals surface area contributed by atoms with Gasteiger partial charge < -0.3 is 18.9 Å². The Kier molecular flexibility index (Phi) is 7.31. The number of benzene rings is 3. The summed E-state index contributed by atoms with van der Waals surface area (Å²) in [5.74, 6) is 3.40. The van der Waals surface area contributed by atoms with Crippen molar-refractivity contribution in [1.82, 2.24) is 5.01 Å². The smallest absolute Gasteiger partial charge is 0.213 e. The van der Waals surface area contributed by atoms with Gasteiger partial charge in [0.05, 0.1) is 32.6 Å². The number of fused-ring (bicyclic) bond motifs is 3. The first-order valence-electron chi connectivity index (χ1n) is 12.8. The molecule has 3 aromatic rings. The van der Waals surface area contributed by atoms with Crippen molar-refractivity contribution in [2.75, 3.05) is 20.8 Å². The minimum atomic E-state index is -0.328. The summed E-state index contributed by atoms with van der Waals surface area (Å²) in [6.45, 7) is 2.97. The van der Waals surface area contributed by atoms with Crippen molar-refractivity contribution in [3.63, 3.8) is 0 Å². The van der Waals surface area contributed by atoms with Gasteiger partial charge in [0.2, 0.25) is 6.23 Å². The maximum absolute atomic E-state index is 6.52. The molecule has 0 spiro atoms. The van der Waals surface area contributed by atoms with E-state index in [-0.39, 0.29) is 12.3 Å². The first kappa shape index (κ1) is 24.0. The van der Waals surface area contributed by atoms with E-state index in [1.807, 2.05) is 36.4 Å². The lowest BCUT2D eigenvalue weighted by molar-refractivity contribution is -0.0191. The topological polar surface area (TPSA) is 52.5 Å². The van der Waals surface area contributed by atoms with E-state index in [2.05, 4.69) is 42.3 Å². The molecule has 5 rings (SSSR count). The molecule has 36 heavy (non-hydrogen) atoms. The molecule has 0 aliphatic carbocycles. The molecule has 0 unspecified atom stereocenters. The predicted molar refractivity (Wildman–Crippen MR) is 141 cm³/mol. The van der Waals surface area contributed by atoms with Gasteiger partial charge in [-0.05, 0) is 78.7 Å². The van der Waals surface area contributed by atoms with Crippen molar-refractivity contribution in [2.45, 2.75) is 51.3 Å². The monoisotopic (exact) mass is 486 g/mol. The van der Waals surface area contributed by atoms with Gasteiger partial charge in [-0.25, -0.2) is 5.01 Å². The van der Waals surface area contributed by atoms with Gasteiger partial charge in [-0.2, -0.15) is 5.10 Å². The van der Waals surface area contributed by atoms with E-state index in [4.69, 9.17) is 24.0 Å². The SMILES string of the molecule is CCCCCCOc1ccc([C@@H]2Oc3ccc(OC)cc3[C@@H]3CC(c4ccc(OC)cc4)=NN32)cc1. The zero-order valence-corrected chi connectivity index (χ0v) is 21.3. The van der Waals surface area contributed by atoms with E-state index in [9.17, 15) is 0 Å². The van der Waals surface area contributed by atoms with Crippen LogP contribution in [0.15, 0.2) is 71.8 Å². The Morgan fingerprint density at radius 3 is 2.31 bits per heavy atom. The van der Waals surface area contributed by atoms with Crippen LogP contribution < -0.4 is 18.9 Å². The number of hydrazone groups is 1. The summed E-state index contributed by atoms with van der Waals surface area (Å²) in [6, 6.07) is 22.3. The van der Waals surface area contributed by atoms with E-state index in [1.54, 1.807) is 14.2 Å². The molecule has 3 aromatic carbocycles. The molecule has 2 aliphatic heterocycles. The van der Waals surface area contributed by atoms with Crippen LogP contribution in [0.3, 0.4) is 0 Å². The number of ether oxygens (including phenoxy) is 4. The van der Waals surface area contributed by atoms with Gasteiger partial charge in [0.1, 0.15) is 23.0 Å². The Labute approximate surface area is 213 Å². The van der Waals surface area contributed by atoms with Crippen molar-refractivity contribution >= 4 is 5.71 Å². The summed E-state index contributed by atoms with van der Waals surface area (Å²) in [6.07, 6.45) is 5.23. The molecule has 0 fully saturated rings. The van der Waals surface area contributed by atoms with Crippen LogP contribution in [0.5, 0.6) is 23.0 Å². The lowest BCUT2D eigenvalue weighted by atomic mass is 9.95. The molecule has 0 saturated heterocycles. The number of unbranched alkanes of at least 4 members (excludes halogenated alkanes) is 3. The lowest BCUT2D eigenvalue weighted by Crippen LogP contribution is -2.33. The van der Waals surface area contributed by atoms with Gasteiger partial charge in [-0.1, -0.05) is 26.2 Å². The summed E-state index contributed by atoms with van der Waals surface area (Å²) in [4.78, 5) is 0. The third-order valence-corrected chi connectivity index (χ3v) is 6.85. The maximum atomic E-state index is 6.52. The van der Waals surface area contributed by atoms with Crippen LogP contribution >= 0.6 is 0 Å². The molecule has 0 bridgehead atoms. The van der Waals surface area contributed by atoms with Gasteiger partial charge in [-0.15, -0.1) is 0 Å². The lowest BCUT2D eigenvalue weighted by Gasteiger charge is -2.38. The first-order valence-corrected chi connectivity index (χ1v) is 12.8. The summed E-state index contributed by atoms with van der Waals surface area (Å²) < 4.78 is 23.3. The van der Waals surface area contributed by atoms with Gasteiger partial charge in [0, 0.05) is 17.5 Å². The molecule has 0 amide bonds. The summed E-state index contributed by atoms with van der Waals surface area (Å²) in [5, 5.41) is 7.15. The average Bonchev–Trinajstić information content (AvgIpc) is 3.38. The fourth-order valence-electron chi connectivity index (χ4n) is 4.82. The van der Waals surface area contributed by atoms with Crippen LogP contribution in [0.1, 0.15) is 68.0 Å². The van der Waals surface area contributed by atoms with Crippen molar-refractivity contribution in [3.05, 3.63) is 83.4 Å². The minimum Gasteiger partial charge on any atom is -0.497 e. The third-order valence-electron chi connectivity index (χ3n) is 6.85. The molecule has 0 saturated carbocycles. The van der Waals surface area contributed by atoms with Crippen molar-refractivity contribution in [3.8, 4) is 23.0 Å².